The van der Waals surface area contributed by atoms with Crippen LogP contribution in [0, 0.1) is 17.8 Å². The summed E-state index contributed by atoms with van der Waals surface area (Å²) < 4.78 is 0. The lowest BCUT2D eigenvalue weighted by Crippen LogP contribution is -2.11. The molecule has 0 heterocycles. The van der Waals surface area contributed by atoms with Crippen molar-refractivity contribution in [3.8, 4) is 0 Å². The van der Waals surface area contributed by atoms with Gasteiger partial charge >= 0.3 is 0 Å². The van der Waals surface area contributed by atoms with Crippen molar-refractivity contribution < 1.29 is 0 Å². The third-order valence-corrected chi connectivity index (χ3v) is 9.55. The molecule has 0 aliphatic heterocycles. The predicted octanol–water partition coefficient (Wildman–Crippen LogP) is 11.6. The number of rotatable bonds is 8. The van der Waals surface area contributed by atoms with Gasteiger partial charge in [0.25, 0.3) is 0 Å². The Morgan fingerprint density at radius 2 is 1.61 bits per heavy atom. The standard InChI is InChI=1S/C41H48/c1-5-7-9-11-16-32-21-23-36(24-22-32)41-31(4)38(35-27-25-34(26-28-35)33-17-12-10-13-18-33)20-14-19-37(39-29-40(39)41)30(3)15-8-6-2/h5-9,11-12,15,17-18,21-28,37,39-41H,10,13-14,16,19-20,29H2,1-4H3/b7-5-,8-6-,11-9-,30-15+,38-31+/t37-,39?,40+,41?/m0/s1. The molecule has 4 atom stereocenters. The molecule has 0 nitrogen and oxygen atoms in total. The number of fused-ring (bicyclic) bond motifs is 1. The first-order valence-corrected chi connectivity index (χ1v) is 15.9. The largest absolute Gasteiger partial charge is 0.0877 e. The van der Waals surface area contributed by atoms with E-state index in [1.54, 1.807) is 16.7 Å². The minimum absolute atomic E-state index is 0.487. The quantitative estimate of drug-likeness (QED) is 0.292. The van der Waals surface area contributed by atoms with E-state index in [4.69, 9.17) is 0 Å². The first-order valence-electron chi connectivity index (χ1n) is 15.9. The van der Waals surface area contributed by atoms with Crippen LogP contribution < -0.4 is 0 Å². The molecule has 2 aromatic carbocycles. The Morgan fingerprint density at radius 3 is 2.32 bits per heavy atom. The lowest BCUT2D eigenvalue weighted by Gasteiger charge is -2.24. The van der Waals surface area contributed by atoms with Crippen molar-refractivity contribution in [1.29, 1.82) is 0 Å². The average molecular weight is 541 g/mol. The van der Waals surface area contributed by atoms with Crippen LogP contribution >= 0.6 is 0 Å². The van der Waals surface area contributed by atoms with Gasteiger partial charge in [-0.05, 0) is 124 Å². The molecule has 41 heavy (non-hydrogen) atoms. The number of hydrogen-bond acceptors (Lipinski definition) is 0. The molecule has 1 saturated carbocycles. The molecule has 0 amide bonds. The highest BCUT2D eigenvalue weighted by Crippen LogP contribution is 2.59. The molecule has 3 aliphatic carbocycles. The summed E-state index contributed by atoms with van der Waals surface area (Å²) in [6.45, 7) is 9.01. The van der Waals surface area contributed by atoms with Crippen LogP contribution in [-0.4, -0.2) is 0 Å². The van der Waals surface area contributed by atoms with Crippen molar-refractivity contribution in [2.45, 2.75) is 78.6 Å². The molecule has 0 N–H and O–H groups in total. The number of benzene rings is 2. The molecule has 212 valence electrons. The van der Waals surface area contributed by atoms with Crippen LogP contribution in [0.4, 0.5) is 0 Å². The zero-order chi connectivity index (χ0) is 28.6. The molecule has 2 unspecified atom stereocenters. The Hall–Kier alpha value is -3.38. The fraction of sp³-hybridized carbons (Fsp3) is 0.366. The Kier molecular flexibility index (Phi) is 9.94. The maximum atomic E-state index is 2.45. The van der Waals surface area contributed by atoms with E-state index in [2.05, 4.69) is 137 Å². The van der Waals surface area contributed by atoms with E-state index in [0.717, 1.165) is 37.5 Å². The van der Waals surface area contributed by atoms with Crippen molar-refractivity contribution >= 4 is 11.1 Å². The molecule has 3 aliphatic rings. The normalized spacial score (nSPS) is 27.1. The summed E-state index contributed by atoms with van der Waals surface area (Å²) >= 11 is 0. The highest BCUT2D eigenvalue weighted by Gasteiger charge is 2.49. The SMILES string of the molecule is C/C=C\C=C/Cc1ccc(C2/C(C)=C(/c3ccc(C4=CCCC=C4)cc3)CCC[C@@H](/C(C)=C/C=C\C)C3C[C@@H]23)cc1. The van der Waals surface area contributed by atoms with E-state index in [9.17, 15) is 0 Å². The van der Waals surface area contributed by atoms with Crippen molar-refractivity contribution in [1.82, 2.24) is 0 Å². The Morgan fingerprint density at radius 1 is 0.854 bits per heavy atom. The van der Waals surface area contributed by atoms with Crippen LogP contribution in [-0.2, 0) is 6.42 Å². The number of hydrogen-bond donors (Lipinski definition) is 0. The van der Waals surface area contributed by atoms with Crippen molar-refractivity contribution in [2.24, 2.45) is 17.8 Å². The van der Waals surface area contributed by atoms with Crippen LogP contribution in [0.5, 0.6) is 0 Å². The summed E-state index contributed by atoms with van der Waals surface area (Å²) in [5.41, 5.74) is 11.8. The molecule has 0 radical (unpaired) electrons. The molecule has 0 saturated heterocycles. The van der Waals surface area contributed by atoms with E-state index in [0.29, 0.717) is 11.8 Å². The second kappa shape index (κ2) is 14.0. The molecule has 0 heteroatoms. The van der Waals surface area contributed by atoms with Crippen LogP contribution in [0.25, 0.3) is 11.1 Å². The van der Waals surface area contributed by atoms with Crippen molar-refractivity contribution in [3.05, 3.63) is 143 Å². The Labute approximate surface area is 249 Å². The highest BCUT2D eigenvalue weighted by molar-refractivity contribution is 5.77. The number of allylic oxidation sites excluding steroid dienone is 14. The van der Waals surface area contributed by atoms with Gasteiger partial charge in [0, 0.05) is 5.92 Å². The topological polar surface area (TPSA) is 0 Å². The summed E-state index contributed by atoms with van der Waals surface area (Å²) in [6, 6.07) is 19.1. The molecule has 1 fully saturated rings. The summed E-state index contributed by atoms with van der Waals surface area (Å²) in [4.78, 5) is 0. The van der Waals surface area contributed by atoms with Gasteiger partial charge in [0.1, 0.15) is 0 Å². The van der Waals surface area contributed by atoms with Gasteiger partial charge in [0.15, 0.2) is 0 Å². The minimum atomic E-state index is 0.487. The summed E-state index contributed by atoms with van der Waals surface area (Å²) in [5.74, 6) is 2.68. The zero-order valence-electron chi connectivity index (χ0n) is 25.7. The van der Waals surface area contributed by atoms with Gasteiger partial charge in [0.05, 0.1) is 0 Å². The smallest absolute Gasteiger partial charge is 0.00826 e. The minimum Gasteiger partial charge on any atom is -0.0877 e. The van der Waals surface area contributed by atoms with Crippen molar-refractivity contribution in [3.63, 3.8) is 0 Å². The summed E-state index contributed by atoms with van der Waals surface area (Å²) in [5, 5.41) is 0. The second-order valence-electron chi connectivity index (χ2n) is 12.3. The average Bonchev–Trinajstić information content (AvgIpc) is 3.78. The Bertz CT molecular complexity index is 1380. The van der Waals surface area contributed by atoms with Gasteiger partial charge in [-0.3, -0.25) is 0 Å². The molecule has 0 bridgehead atoms. The molecule has 5 rings (SSSR count). The molecule has 0 spiro atoms. The monoisotopic (exact) mass is 540 g/mol. The van der Waals surface area contributed by atoms with Crippen LogP contribution in [0.2, 0.25) is 0 Å². The van der Waals surface area contributed by atoms with Crippen LogP contribution in [0.3, 0.4) is 0 Å². The van der Waals surface area contributed by atoms with Gasteiger partial charge in [-0.2, -0.15) is 0 Å². The van der Waals surface area contributed by atoms with E-state index in [-0.39, 0.29) is 0 Å². The third-order valence-electron chi connectivity index (χ3n) is 9.55. The highest BCUT2D eigenvalue weighted by atomic mass is 14.5. The lowest BCUT2D eigenvalue weighted by molar-refractivity contribution is 0.446. The van der Waals surface area contributed by atoms with Crippen LogP contribution in [0.1, 0.15) is 94.4 Å². The Balaban J connectivity index is 1.49. The van der Waals surface area contributed by atoms with Gasteiger partial charge in [-0.1, -0.05) is 120 Å². The third kappa shape index (κ3) is 7.10. The van der Waals surface area contributed by atoms with E-state index in [1.165, 1.54) is 47.1 Å². The summed E-state index contributed by atoms with van der Waals surface area (Å²) in [6.07, 6.45) is 30.7. The fourth-order valence-corrected chi connectivity index (χ4v) is 7.25. The maximum Gasteiger partial charge on any atom is 0.00826 e. The van der Waals surface area contributed by atoms with Gasteiger partial charge in [-0.25, -0.2) is 0 Å². The van der Waals surface area contributed by atoms with Crippen LogP contribution in [0.15, 0.2) is 120 Å². The fourth-order valence-electron chi connectivity index (χ4n) is 7.25. The lowest BCUT2D eigenvalue weighted by atomic mass is 9.81. The summed E-state index contributed by atoms with van der Waals surface area (Å²) in [7, 11) is 0. The zero-order valence-corrected chi connectivity index (χ0v) is 25.7. The molecular weight excluding hydrogens is 492 g/mol. The van der Waals surface area contributed by atoms with Crippen molar-refractivity contribution in [2.75, 3.05) is 0 Å². The molecule has 2 aromatic rings. The first kappa shape index (κ1) is 29.1. The van der Waals surface area contributed by atoms with E-state index < -0.39 is 0 Å². The maximum absolute atomic E-state index is 2.45. The predicted molar refractivity (Wildman–Crippen MR) is 180 cm³/mol. The van der Waals surface area contributed by atoms with Gasteiger partial charge in [-0.15, -0.1) is 0 Å². The van der Waals surface area contributed by atoms with Gasteiger partial charge in [0.2, 0.25) is 0 Å². The van der Waals surface area contributed by atoms with Gasteiger partial charge < -0.3 is 0 Å². The molecule has 0 aromatic heterocycles. The van der Waals surface area contributed by atoms with E-state index >= 15 is 0 Å². The van der Waals surface area contributed by atoms with E-state index in [1.807, 2.05) is 0 Å². The second-order valence-corrected chi connectivity index (χ2v) is 12.3. The first-order chi connectivity index (χ1) is 20.1. The molecular formula is C41H48.